The molecule has 0 aliphatic carbocycles. The van der Waals surface area contributed by atoms with Gasteiger partial charge in [-0.15, -0.1) is 0 Å². The summed E-state index contributed by atoms with van der Waals surface area (Å²) in [4.78, 5) is 41.2. The monoisotopic (exact) mass is 375 g/mol. The molecular weight excluding hydrogens is 346 g/mol. The highest BCUT2D eigenvalue weighted by molar-refractivity contribution is 5.78. The number of aryl methyl sites for hydroxylation is 1. The van der Waals surface area contributed by atoms with E-state index >= 15 is 0 Å². The summed E-state index contributed by atoms with van der Waals surface area (Å²) in [5.41, 5.74) is 2.22. The first-order chi connectivity index (χ1) is 12.9. The molecule has 0 spiro atoms. The van der Waals surface area contributed by atoms with Gasteiger partial charge in [0.1, 0.15) is 0 Å². The van der Waals surface area contributed by atoms with Crippen LogP contribution in [0.5, 0.6) is 0 Å². The van der Waals surface area contributed by atoms with Crippen LogP contribution in [0.4, 0.5) is 4.79 Å². The van der Waals surface area contributed by atoms with Gasteiger partial charge in [-0.2, -0.15) is 0 Å². The van der Waals surface area contributed by atoms with Crippen molar-refractivity contribution in [1.82, 2.24) is 14.7 Å². The highest BCUT2D eigenvalue weighted by Crippen LogP contribution is 2.10. The number of rotatable bonds is 6. The molecule has 0 aromatic heterocycles. The molecule has 0 unspecified atom stereocenters. The number of nitrogens with zero attached hydrogens (tertiary/aromatic N) is 3. The van der Waals surface area contributed by atoms with E-state index in [-0.39, 0.29) is 24.3 Å². The van der Waals surface area contributed by atoms with Gasteiger partial charge in [-0.05, 0) is 19.4 Å². The standard InChI is InChI=1S/C20H29N3O4/c1-4-27-20(26)22-13-11-21(12-14-22)19(25)9-10-23(17(3)24)15-18-7-5-16(2)6-8-18/h5-8H,4,9-15H2,1-3H3. The molecule has 0 radical (unpaired) electrons. The first kappa shape index (κ1) is 20.7. The second-order valence-electron chi connectivity index (χ2n) is 6.74. The molecule has 0 atom stereocenters. The molecule has 2 rings (SSSR count). The number of benzene rings is 1. The third kappa shape index (κ3) is 6.27. The zero-order chi connectivity index (χ0) is 19.8. The van der Waals surface area contributed by atoms with Gasteiger partial charge in [-0.25, -0.2) is 4.79 Å². The quantitative estimate of drug-likeness (QED) is 0.763. The molecule has 1 aliphatic rings. The van der Waals surface area contributed by atoms with E-state index in [1.54, 1.807) is 21.6 Å². The molecule has 7 heteroatoms. The van der Waals surface area contributed by atoms with Crippen molar-refractivity contribution in [3.05, 3.63) is 35.4 Å². The maximum absolute atomic E-state index is 12.5. The van der Waals surface area contributed by atoms with Crippen molar-refractivity contribution < 1.29 is 19.1 Å². The van der Waals surface area contributed by atoms with Crippen molar-refractivity contribution in [2.24, 2.45) is 0 Å². The van der Waals surface area contributed by atoms with Gasteiger partial charge in [0.05, 0.1) is 6.61 Å². The van der Waals surface area contributed by atoms with E-state index in [9.17, 15) is 14.4 Å². The lowest BCUT2D eigenvalue weighted by Crippen LogP contribution is -2.51. The zero-order valence-electron chi connectivity index (χ0n) is 16.4. The van der Waals surface area contributed by atoms with Crippen LogP contribution in [0.1, 0.15) is 31.4 Å². The number of piperazine rings is 1. The van der Waals surface area contributed by atoms with Gasteiger partial charge in [-0.1, -0.05) is 29.8 Å². The second-order valence-corrected chi connectivity index (χ2v) is 6.74. The molecule has 1 saturated heterocycles. The Morgan fingerprint density at radius 3 is 2.19 bits per heavy atom. The minimum atomic E-state index is -0.328. The van der Waals surface area contributed by atoms with Crippen LogP contribution in [-0.4, -0.2) is 71.9 Å². The van der Waals surface area contributed by atoms with Crippen LogP contribution in [0.3, 0.4) is 0 Å². The summed E-state index contributed by atoms with van der Waals surface area (Å²) in [5.74, 6) is -0.0378. The molecule has 1 aromatic rings. The summed E-state index contributed by atoms with van der Waals surface area (Å²) in [6, 6.07) is 8.03. The Kier molecular flexibility index (Phi) is 7.64. The van der Waals surface area contributed by atoms with E-state index in [4.69, 9.17) is 4.74 Å². The highest BCUT2D eigenvalue weighted by Gasteiger charge is 2.25. The van der Waals surface area contributed by atoms with Crippen molar-refractivity contribution >= 4 is 17.9 Å². The number of carbonyl (C=O) groups excluding carboxylic acids is 3. The summed E-state index contributed by atoms with van der Waals surface area (Å²) in [7, 11) is 0. The average Bonchev–Trinajstić information content (AvgIpc) is 2.66. The maximum Gasteiger partial charge on any atom is 0.409 e. The molecule has 0 saturated carbocycles. The van der Waals surface area contributed by atoms with Crippen molar-refractivity contribution in [3.63, 3.8) is 0 Å². The molecule has 1 fully saturated rings. The summed E-state index contributed by atoms with van der Waals surface area (Å²) in [5, 5.41) is 0. The van der Waals surface area contributed by atoms with Gasteiger partial charge in [0, 0.05) is 52.6 Å². The molecule has 148 valence electrons. The smallest absolute Gasteiger partial charge is 0.409 e. The Hall–Kier alpha value is -2.57. The summed E-state index contributed by atoms with van der Waals surface area (Å²) in [6.07, 6.45) is -0.0457. The SMILES string of the molecule is CCOC(=O)N1CCN(C(=O)CCN(Cc2ccc(C)cc2)C(C)=O)CC1. The fraction of sp³-hybridized carbons (Fsp3) is 0.550. The third-order valence-corrected chi connectivity index (χ3v) is 4.69. The highest BCUT2D eigenvalue weighted by atomic mass is 16.6. The predicted molar refractivity (Wildman–Crippen MR) is 102 cm³/mol. The molecule has 7 nitrogen and oxygen atoms in total. The lowest BCUT2D eigenvalue weighted by Gasteiger charge is -2.34. The van der Waals surface area contributed by atoms with E-state index in [0.29, 0.717) is 45.9 Å². The topological polar surface area (TPSA) is 70.2 Å². The molecule has 1 aliphatic heterocycles. The van der Waals surface area contributed by atoms with Crippen molar-refractivity contribution in [3.8, 4) is 0 Å². The van der Waals surface area contributed by atoms with Crippen molar-refractivity contribution in [2.75, 3.05) is 39.3 Å². The lowest BCUT2D eigenvalue weighted by atomic mass is 10.1. The van der Waals surface area contributed by atoms with E-state index < -0.39 is 0 Å². The average molecular weight is 375 g/mol. The molecule has 0 N–H and O–H groups in total. The first-order valence-electron chi connectivity index (χ1n) is 9.41. The second kappa shape index (κ2) is 9.94. The molecule has 27 heavy (non-hydrogen) atoms. The van der Waals surface area contributed by atoms with Crippen LogP contribution >= 0.6 is 0 Å². The fourth-order valence-electron chi connectivity index (χ4n) is 3.00. The van der Waals surface area contributed by atoms with Crippen LogP contribution in [0, 0.1) is 6.92 Å². The van der Waals surface area contributed by atoms with Crippen LogP contribution < -0.4 is 0 Å². The Morgan fingerprint density at radius 1 is 1.04 bits per heavy atom. The molecule has 1 aromatic carbocycles. The summed E-state index contributed by atoms with van der Waals surface area (Å²) >= 11 is 0. The lowest BCUT2D eigenvalue weighted by molar-refractivity contribution is -0.134. The Balaban J connectivity index is 1.81. The fourth-order valence-corrected chi connectivity index (χ4v) is 3.00. The van der Waals surface area contributed by atoms with Gasteiger partial charge in [0.25, 0.3) is 0 Å². The number of carbonyl (C=O) groups is 3. The van der Waals surface area contributed by atoms with Gasteiger partial charge in [0.15, 0.2) is 0 Å². The number of amides is 3. The molecule has 3 amide bonds. The molecular formula is C20H29N3O4. The van der Waals surface area contributed by atoms with E-state index in [0.717, 1.165) is 5.56 Å². The Morgan fingerprint density at radius 2 is 1.63 bits per heavy atom. The number of hydrogen-bond donors (Lipinski definition) is 0. The van der Waals surface area contributed by atoms with Crippen LogP contribution in [0.2, 0.25) is 0 Å². The maximum atomic E-state index is 12.5. The van der Waals surface area contributed by atoms with Gasteiger partial charge < -0.3 is 19.4 Å². The zero-order valence-corrected chi connectivity index (χ0v) is 16.4. The van der Waals surface area contributed by atoms with Gasteiger partial charge in [0.2, 0.25) is 11.8 Å². The van der Waals surface area contributed by atoms with E-state index in [1.165, 1.54) is 12.5 Å². The number of hydrogen-bond acceptors (Lipinski definition) is 4. The van der Waals surface area contributed by atoms with Crippen LogP contribution in [0.15, 0.2) is 24.3 Å². The first-order valence-corrected chi connectivity index (χ1v) is 9.41. The summed E-state index contributed by atoms with van der Waals surface area (Å²) in [6.45, 7) is 8.50. The van der Waals surface area contributed by atoms with Gasteiger partial charge >= 0.3 is 6.09 Å². The van der Waals surface area contributed by atoms with Crippen LogP contribution in [-0.2, 0) is 20.9 Å². The molecule has 1 heterocycles. The van der Waals surface area contributed by atoms with Crippen molar-refractivity contribution in [2.45, 2.75) is 33.7 Å². The summed E-state index contributed by atoms with van der Waals surface area (Å²) < 4.78 is 4.99. The third-order valence-electron chi connectivity index (χ3n) is 4.69. The van der Waals surface area contributed by atoms with Crippen LogP contribution in [0.25, 0.3) is 0 Å². The number of ether oxygens (including phenoxy) is 1. The Labute approximate surface area is 160 Å². The predicted octanol–water partition coefficient (Wildman–Crippen LogP) is 2.03. The van der Waals surface area contributed by atoms with Crippen molar-refractivity contribution in [1.29, 1.82) is 0 Å². The van der Waals surface area contributed by atoms with Gasteiger partial charge in [-0.3, -0.25) is 9.59 Å². The van der Waals surface area contributed by atoms with E-state index in [2.05, 4.69) is 0 Å². The normalized spacial score (nSPS) is 14.0. The Bertz CT molecular complexity index is 652. The minimum Gasteiger partial charge on any atom is -0.450 e. The largest absolute Gasteiger partial charge is 0.450 e. The minimum absolute atomic E-state index is 0.00802. The van der Waals surface area contributed by atoms with E-state index in [1.807, 2.05) is 31.2 Å². The molecule has 0 bridgehead atoms.